The molecule has 0 aliphatic heterocycles. The maximum atomic E-state index is 8.99. The first-order valence-electron chi connectivity index (χ1n) is 12.8. The summed E-state index contributed by atoms with van der Waals surface area (Å²) in [5.74, 6) is 0. The van der Waals surface area contributed by atoms with Crippen molar-refractivity contribution in [3.63, 3.8) is 0 Å². The number of benzene rings is 4. The average molecular weight is 447 g/mol. The van der Waals surface area contributed by atoms with Gasteiger partial charge in [0.25, 0.3) is 0 Å². The van der Waals surface area contributed by atoms with Crippen molar-refractivity contribution in [1.29, 1.82) is 0 Å². The second-order valence-electron chi connectivity index (χ2n) is 10.8. The first-order chi connectivity index (χ1) is 16.6. The molecule has 0 spiro atoms. The molecule has 1 heteroatoms. The van der Waals surface area contributed by atoms with Gasteiger partial charge in [-0.2, -0.15) is 0 Å². The maximum Gasteiger partial charge on any atom is 0.0451 e. The minimum Gasteiger partial charge on any atom is -0.336 e. The van der Waals surface area contributed by atoms with Crippen molar-refractivity contribution >= 4 is 11.4 Å². The highest BCUT2D eigenvalue weighted by atomic mass is 15.2. The summed E-state index contributed by atoms with van der Waals surface area (Å²) in [6.07, 6.45) is -0.345. The molecule has 0 fully saturated rings. The zero-order valence-electron chi connectivity index (χ0n) is 22.2. The summed E-state index contributed by atoms with van der Waals surface area (Å²) in [5, 5.41) is 0. The van der Waals surface area contributed by atoms with Gasteiger partial charge in [-0.15, -0.1) is 0 Å². The third-order valence-corrected chi connectivity index (χ3v) is 7.17. The molecule has 1 atom stereocenters. The van der Waals surface area contributed by atoms with E-state index >= 15 is 0 Å². The number of nitrogens with zero attached hydrogens (tertiary/aromatic N) is 1. The van der Waals surface area contributed by atoms with E-state index in [0.717, 1.165) is 16.9 Å². The lowest BCUT2D eigenvalue weighted by Crippen LogP contribution is -2.38. The molecule has 0 amide bonds. The Morgan fingerprint density at radius 3 is 2.00 bits per heavy atom. The predicted octanol–water partition coefficient (Wildman–Crippen LogP) is 9.16. The number of hydrogen-bond donors (Lipinski definition) is 0. The van der Waals surface area contributed by atoms with Gasteiger partial charge in [0.05, 0.1) is 0 Å². The fourth-order valence-electron chi connectivity index (χ4n) is 5.71. The van der Waals surface area contributed by atoms with E-state index in [0.29, 0.717) is 0 Å². The second-order valence-corrected chi connectivity index (χ2v) is 10.8. The Hall–Kier alpha value is -3.32. The fourth-order valence-corrected chi connectivity index (χ4v) is 5.71. The van der Waals surface area contributed by atoms with Gasteiger partial charge in [-0.1, -0.05) is 93.6 Å². The van der Waals surface area contributed by atoms with Crippen LogP contribution in [-0.2, 0) is 11.8 Å². The number of hydrogen-bond acceptors (Lipinski definition) is 1. The molecule has 1 nitrogen and oxygen atoms in total. The Morgan fingerprint density at radius 2 is 1.35 bits per heavy atom. The van der Waals surface area contributed by atoms with Crippen LogP contribution in [0.5, 0.6) is 0 Å². The molecule has 0 saturated carbocycles. The van der Waals surface area contributed by atoms with Gasteiger partial charge in [0.1, 0.15) is 0 Å². The van der Waals surface area contributed by atoms with Crippen molar-refractivity contribution in [2.75, 3.05) is 4.90 Å². The fraction of sp³-hybridized carbons (Fsp3) is 0.273. The van der Waals surface area contributed by atoms with E-state index in [1.54, 1.807) is 0 Å². The summed E-state index contributed by atoms with van der Waals surface area (Å²) in [6, 6.07) is 32.6. The summed E-state index contributed by atoms with van der Waals surface area (Å²) >= 11 is 0. The van der Waals surface area contributed by atoms with Crippen LogP contribution in [0.15, 0.2) is 91.0 Å². The van der Waals surface area contributed by atoms with Crippen LogP contribution in [0.25, 0.3) is 22.3 Å². The zero-order valence-corrected chi connectivity index (χ0v) is 21.2. The molecule has 0 radical (unpaired) electrons. The minimum absolute atomic E-state index is 0.146. The molecule has 0 saturated heterocycles. The Balaban J connectivity index is 1.69. The van der Waals surface area contributed by atoms with Gasteiger partial charge in [0, 0.05) is 23.7 Å². The molecule has 5 rings (SSSR count). The first kappa shape index (κ1) is 21.2. The SMILES string of the molecule is [2H]C(C)c1c(N(c2ccc(-c3ccccc3)cc2)C(C)(C)C)ccc2c1C(C)(C)c1ccccc1-2. The Morgan fingerprint density at radius 1 is 0.735 bits per heavy atom. The third kappa shape index (κ3) is 3.55. The molecular formula is C33H35N. The number of anilines is 2. The van der Waals surface area contributed by atoms with Crippen molar-refractivity contribution < 1.29 is 1.37 Å². The molecule has 1 aliphatic carbocycles. The van der Waals surface area contributed by atoms with Crippen LogP contribution in [0.1, 0.15) is 59.6 Å². The highest BCUT2D eigenvalue weighted by Gasteiger charge is 2.39. The molecule has 4 aromatic carbocycles. The monoisotopic (exact) mass is 446 g/mol. The van der Waals surface area contributed by atoms with Gasteiger partial charge in [-0.3, -0.25) is 0 Å². The predicted molar refractivity (Wildman–Crippen MR) is 147 cm³/mol. The molecule has 0 aromatic heterocycles. The number of fused-ring (bicyclic) bond motifs is 3. The second kappa shape index (κ2) is 8.17. The zero-order chi connectivity index (χ0) is 25.0. The van der Waals surface area contributed by atoms with Crippen LogP contribution >= 0.6 is 0 Å². The van der Waals surface area contributed by atoms with E-state index < -0.39 is 0 Å². The topological polar surface area (TPSA) is 3.24 Å². The number of rotatable bonds is 4. The molecule has 4 aromatic rings. The van der Waals surface area contributed by atoms with Crippen molar-refractivity contribution in [2.24, 2.45) is 0 Å². The molecule has 0 bridgehead atoms. The lowest BCUT2D eigenvalue weighted by Gasteiger charge is -2.40. The van der Waals surface area contributed by atoms with Gasteiger partial charge in [-0.25, -0.2) is 0 Å². The van der Waals surface area contributed by atoms with Crippen LogP contribution in [-0.4, -0.2) is 5.54 Å². The average Bonchev–Trinajstić information content (AvgIpc) is 3.06. The lowest BCUT2D eigenvalue weighted by atomic mass is 9.79. The van der Waals surface area contributed by atoms with E-state index in [-0.39, 0.29) is 17.4 Å². The van der Waals surface area contributed by atoms with E-state index in [2.05, 4.69) is 131 Å². The van der Waals surface area contributed by atoms with Crippen LogP contribution in [0, 0.1) is 0 Å². The van der Waals surface area contributed by atoms with Crippen LogP contribution in [0.2, 0.25) is 0 Å². The summed E-state index contributed by atoms with van der Waals surface area (Å²) in [7, 11) is 0. The summed E-state index contributed by atoms with van der Waals surface area (Å²) in [6.45, 7) is 13.4. The van der Waals surface area contributed by atoms with Gasteiger partial charge in [-0.05, 0) is 84.3 Å². The quantitative estimate of drug-likeness (QED) is 0.302. The van der Waals surface area contributed by atoms with Gasteiger partial charge >= 0.3 is 0 Å². The Kier molecular flexibility index (Phi) is 5.10. The summed E-state index contributed by atoms with van der Waals surface area (Å²) in [5.41, 5.74) is 10.8. The Bertz CT molecular complexity index is 1360. The molecule has 34 heavy (non-hydrogen) atoms. The molecule has 172 valence electrons. The summed E-state index contributed by atoms with van der Waals surface area (Å²) in [4.78, 5) is 2.42. The maximum absolute atomic E-state index is 8.99. The standard InChI is InChI=1S/C33H35N/c1-7-26-30(22-21-28-27-15-11-12-16-29(27)33(5,6)31(26)28)34(32(2,3)4)25-19-17-24(18-20-25)23-13-9-8-10-14-23/h8-22H,7H2,1-6H3/i7D. The lowest BCUT2D eigenvalue weighted by molar-refractivity contribution is 0.557. The van der Waals surface area contributed by atoms with E-state index in [4.69, 9.17) is 1.37 Å². The molecular weight excluding hydrogens is 410 g/mol. The van der Waals surface area contributed by atoms with Crippen molar-refractivity contribution in [2.45, 2.75) is 58.9 Å². The van der Waals surface area contributed by atoms with Crippen LogP contribution < -0.4 is 4.90 Å². The van der Waals surface area contributed by atoms with Gasteiger partial charge in [0.2, 0.25) is 0 Å². The highest BCUT2D eigenvalue weighted by molar-refractivity contribution is 5.86. The smallest absolute Gasteiger partial charge is 0.0451 e. The third-order valence-electron chi connectivity index (χ3n) is 7.17. The molecule has 0 heterocycles. The Labute approximate surface area is 206 Å². The van der Waals surface area contributed by atoms with Crippen LogP contribution in [0.3, 0.4) is 0 Å². The van der Waals surface area contributed by atoms with E-state index in [1.165, 1.54) is 33.4 Å². The van der Waals surface area contributed by atoms with Crippen molar-refractivity contribution in [3.8, 4) is 22.3 Å². The molecule has 1 aliphatic rings. The van der Waals surface area contributed by atoms with Gasteiger partial charge < -0.3 is 4.90 Å². The first-order valence-corrected chi connectivity index (χ1v) is 12.3. The highest BCUT2D eigenvalue weighted by Crippen LogP contribution is 2.53. The van der Waals surface area contributed by atoms with Crippen molar-refractivity contribution in [3.05, 3.63) is 108 Å². The van der Waals surface area contributed by atoms with Gasteiger partial charge in [0.15, 0.2) is 0 Å². The van der Waals surface area contributed by atoms with E-state index in [9.17, 15) is 0 Å². The van der Waals surface area contributed by atoms with Crippen molar-refractivity contribution in [1.82, 2.24) is 0 Å². The summed E-state index contributed by atoms with van der Waals surface area (Å²) < 4.78 is 8.99. The largest absolute Gasteiger partial charge is 0.336 e. The minimum atomic E-state index is -0.345. The molecule has 0 N–H and O–H groups in total. The molecule has 1 unspecified atom stereocenters. The van der Waals surface area contributed by atoms with Crippen LogP contribution in [0.4, 0.5) is 11.4 Å². The normalized spacial score (nSPS) is 15.3. The van der Waals surface area contributed by atoms with E-state index in [1.807, 2.05) is 6.92 Å².